The Balaban J connectivity index is 1.62. The summed E-state index contributed by atoms with van der Waals surface area (Å²) >= 11 is 6.36. The highest BCUT2D eigenvalue weighted by molar-refractivity contribution is 6.31. The molecule has 1 aromatic heterocycles. The molecule has 1 fully saturated rings. The number of nitrogens with zero attached hydrogens (tertiary/aromatic N) is 4. The Bertz CT molecular complexity index is 995. The number of likely N-dealkylation sites (tertiary alicyclic amines) is 1. The molecule has 5 nitrogen and oxygen atoms in total. The Morgan fingerprint density at radius 3 is 2.47 bits per heavy atom. The molecule has 1 aliphatic heterocycles. The first-order valence-electron chi connectivity index (χ1n) is 10.5. The number of aryl methyl sites for hydroxylation is 1. The minimum atomic E-state index is 0.00960. The van der Waals surface area contributed by atoms with Crippen LogP contribution >= 0.6 is 11.6 Å². The van der Waals surface area contributed by atoms with Gasteiger partial charge in [-0.2, -0.15) is 5.10 Å². The van der Waals surface area contributed by atoms with Crippen LogP contribution in [0.15, 0.2) is 60.8 Å². The van der Waals surface area contributed by atoms with E-state index in [1.54, 1.807) is 10.9 Å². The van der Waals surface area contributed by atoms with Crippen LogP contribution in [0.2, 0.25) is 5.02 Å². The van der Waals surface area contributed by atoms with Gasteiger partial charge < -0.3 is 9.80 Å². The van der Waals surface area contributed by atoms with Crippen molar-refractivity contribution in [3.05, 3.63) is 77.1 Å². The molecule has 0 bridgehead atoms. The molecule has 0 spiro atoms. The highest BCUT2D eigenvalue weighted by atomic mass is 35.5. The van der Waals surface area contributed by atoms with Gasteiger partial charge in [-0.25, -0.2) is 0 Å². The lowest BCUT2D eigenvalue weighted by Crippen LogP contribution is -2.38. The molecule has 2 heterocycles. The highest BCUT2D eigenvalue weighted by Crippen LogP contribution is 2.26. The predicted octanol–water partition coefficient (Wildman–Crippen LogP) is 4.48. The van der Waals surface area contributed by atoms with Gasteiger partial charge >= 0.3 is 0 Å². The molecule has 156 valence electrons. The van der Waals surface area contributed by atoms with Crippen molar-refractivity contribution >= 4 is 17.5 Å². The molecular formula is C24H27ClN4O. The minimum Gasteiger partial charge on any atom is -0.331 e. The van der Waals surface area contributed by atoms with Gasteiger partial charge in [0.15, 0.2) is 0 Å². The fourth-order valence-electron chi connectivity index (χ4n) is 4.02. The Morgan fingerprint density at radius 1 is 1.07 bits per heavy atom. The van der Waals surface area contributed by atoms with Gasteiger partial charge in [0.25, 0.3) is 5.91 Å². The zero-order valence-corrected chi connectivity index (χ0v) is 18.1. The maximum absolute atomic E-state index is 13.7. The summed E-state index contributed by atoms with van der Waals surface area (Å²) in [6, 6.07) is 17.9. The molecule has 4 rings (SSSR count). The minimum absolute atomic E-state index is 0.00960. The van der Waals surface area contributed by atoms with Crippen LogP contribution in [0.5, 0.6) is 0 Å². The van der Waals surface area contributed by atoms with Crippen molar-refractivity contribution in [1.82, 2.24) is 19.6 Å². The van der Waals surface area contributed by atoms with E-state index in [0.717, 1.165) is 36.5 Å². The molecule has 0 atom stereocenters. The van der Waals surface area contributed by atoms with Gasteiger partial charge in [0.05, 0.1) is 11.6 Å². The summed E-state index contributed by atoms with van der Waals surface area (Å²) in [5.41, 5.74) is 3.42. The Kier molecular flexibility index (Phi) is 6.50. The smallest absolute Gasteiger partial charge is 0.254 e. The van der Waals surface area contributed by atoms with Crippen molar-refractivity contribution in [2.75, 3.05) is 26.2 Å². The Labute approximate surface area is 182 Å². The third kappa shape index (κ3) is 4.74. The van der Waals surface area contributed by atoms with E-state index in [1.807, 2.05) is 66.5 Å². The highest BCUT2D eigenvalue weighted by Gasteiger charge is 2.23. The number of hydrogen-bond donors (Lipinski definition) is 0. The van der Waals surface area contributed by atoms with Gasteiger partial charge in [-0.15, -0.1) is 0 Å². The van der Waals surface area contributed by atoms with E-state index >= 15 is 0 Å². The van der Waals surface area contributed by atoms with Crippen molar-refractivity contribution in [2.24, 2.45) is 7.05 Å². The molecular weight excluding hydrogens is 396 g/mol. The number of rotatable bonds is 7. The van der Waals surface area contributed by atoms with E-state index in [2.05, 4.69) is 10.00 Å². The van der Waals surface area contributed by atoms with Crippen LogP contribution in [0.4, 0.5) is 0 Å². The summed E-state index contributed by atoms with van der Waals surface area (Å²) in [6.45, 7) is 4.12. The number of benzene rings is 2. The SMILES string of the molecule is Cn1cc(Cl)c(CN(CCN2CCCC2)C(=O)c2ccccc2-c2ccccc2)n1. The summed E-state index contributed by atoms with van der Waals surface area (Å²) in [6.07, 6.45) is 4.24. The van der Waals surface area contributed by atoms with Gasteiger partial charge in [-0.05, 0) is 43.1 Å². The lowest BCUT2D eigenvalue weighted by Gasteiger charge is -2.26. The van der Waals surface area contributed by atoms with Gasteiger partial charge in [0.2, 0.25) is 0 Å². The first-order valence-corrected chi connectivity index (χ1v) is 10.8. The molecule has 0 N–H and O–H groups in total. The maximum Gasteiger partial charge on any atom is 0.254 e. The van der Waals surface area contributed by atoms with Crippen molar-refractivity contribution in [3.8, 4) is 11.1 Å². The number of amides is 1. The van der Waals surface area contributed by atoms with Gasteiger partial charge in [-0.1, -0.05) is 60.1 Å². The van der Waals surface area contributed by atoms with Crippen LogP contribution in [0.3, 0.4) is 0 Å². The second kappa shape index (κ2) is 9.45. The first-order chi connectivity index (χ1) is 14.6. The van der Waals surface area contributed by atoms with E-state index in [1.165, 1.54) is 12.8 Å². The fourth-order valence-corrected chi connectivity index (χ4v) is 4.26. The first kappa shape index (κ1) is 20.6. The van der Waals surface area contributed by atoms with Gasteiger partial charge in [0, 0.05) is 31.9 Å². The van der Waals surface area contributed by atoms with Crippen LogP contribution in [0.1, 0.15) is 28.9 Å². The maximum atomic E-state index is 13.7. The summed E-state index contributed by atoms with van der Waals surface area (Å²) < 4.78 is 1.69. The largest absolute Gasteiger partial charge is 0.331 e. The quantitative estimate of drug-likeness (QED) is 0.563. The summed E-state index contributed by atoms with van der Waals surface area (Å²) in [7, 11) is 1.84. The Hall–Kier alpha value is -2.63. The average molecular weight is 423 g/mol. The molecule has 0 saturated carbocycles. The molecule has 1 saturated heterocycles. The number of aromatic nitrogens is 2. The van der Waals surface area contributed by atoms with E-state index in [0.29, 0.717) is 23.7 Å². The second-order valence-electron chi connectivity index (χ2n) is 7.78. The van der Waals surface area contributed by atoms with Crippen molar-refractivity contribution in [1.29, 1.82) is 0 Å². The average Bonchev–Trinajstić information content (AvgIpc) is 3.40. The lowest BCUT2D eigenvalue weighted by molar-refractivity contribution is 0.0725. The molecule has 0 radical (unpaired) electrons. The van der Waals surface area contributed by atoms with E-state index in [4.69, 9.17) is 11.6 Å². The van der Waals surface area contributed by atoms with Crippen LogP contribution in [0.25, 0.3) is 11.1 Å². The third-order valence-electron chi connectivity index (χ3n) is 5.61. The number of carbonyl (C=O) groups is 1. The second-order valence-corrected chi connectivity index (χ2v) is 8.19. The summed E-state index contributed by atoms with van der Waals surface area (Å²) in [5, 5.41) is 5.05. The van der Waals surface area contributed by atoms with Gasteiger partial charge in [-0.3, -0.25) is 9.48 Å². The third-order valence-corrected chi connectivity index (χ3v) is 5.92. The van der Waals surface area contributed by atoms with Crippen molar-refractivity contribution in [3.63, 3.8) is 0 Å². The summed E-state index contributed by atoms with van der Waals surface area (Å²) in [4.78, 5) is 18.0. The van der Waals surface area contributed by atoms with Crippen LogP contribution < -0.4 is 0 Å². The molecule has 1 amide bonds. The zero-order chi connectivity index (χ0) is 20.9. The molecule has 6 heteroatoms. The van der Waals surface area contributed by atoms with Crippen LogP contribution in [0, 0.1) is 0 Å². The standard InChI is InChI=1S/C24H27ClN4O/c1-27-17-22(25)23(26-27)18-29(16-15-28-13-7-8-14-28)24(30)21-12-6-5-11-20(21)19-9-3-2-4-10-19/h2-6,9-12,17H,7-8,13-16,18H2,1H3. The zero-order valence-electron chi connectivity index (χ0n) is 17.3. The van der Waals surface area contributed by atoms with E-state index in [-0.39, 0.29) is 5.91 Å². The van der Waals surface area contributed by atoms with Crippen molar-refractivity contribution < 1.29 is 4.79 Å². The molecule has 2 aromatic carbocycles. The molecule has 1 aliphatic rings. The predicted molar refractivity (Wildman–Crippen MR) is 121 cm³/mol. The number of carbonyl (C=O) groups excluding carboxylic acids is 1. The number of hydrogen-bond acceptors (Lipinski definition) is 3. The molecule has 30 heavy (non-hydrogen) atoms. The molecule has 0 unspecified atom stereocenters. The normalized spacial score (nSPS) is 14.2. The molecule has 0 aliphatic carbocycles. The van der Waals surface area contributed by atoms with Crippen LogP contribution in [-0.2, 0) is 13.6 Å². The van der Waals surface area contributed by atoms with E-state index in [9.17, 15) is 4.79 Å². The monoisotopic (exact) mass is 422 g/mol. The molecule has 3 aromatic rings. The van der Waals surface area contributed by atoms with Crippen molar-refractivity contribution in [2.45, 2.75) is 19.4 Å². The van der Waals surface area contributed by atoms with Crippen LogP contribution in [-0.4, -0.2) is 51.7 Å². The lowest BCUT2D eigenvalue weighted by atomic mass is 9.99. The van der Waals surface area contributed by atoms with Gasteiger partial charge in [0.1, 0.15) is 5.69 Å². The summed E-state index contributed by atoms with van der Waals surface area (Å²) in [5.74, 6) is 0.00960. The fraction of sp³-hybridized carbons (Fsp3) is 0.333. The topological polar surface area (TPSA) is 41.4 Å². The Morgan fingerprint density at radius 2 is 1.77 bits per heavy atom. The van der Waals surface area contributed by atoms with E-state index < -0.39 is 0 Å². The number of halogens is 1.